The van der Waals surface area contributed by atoms with Crippen LogP contribution >= 0.6 is 0 Å². The van der Waals surface area contributed by atoms with Gasteiger partial charge in [-0.3, -0.25) is 4.79 Å². The molecule has 0 aromatic rings. The minimum absolute atomic E-state index is 0.0456. The zero-order valence-electron chi connectivity index (χ0n) is 11.3. The predicted molar refractivity (Wildman–Crippen MR) is 68.7 cm³/mol. The molecule has 0 atom stereocenters. The summed E-state index contributed by atoms with van der Waals surface area (Å²) >= 11 is 0. The first-order chi connectivity index (χ1) is 7.93. The lowest BCUT2D eigenvalue weighted by atomic mass is 9.81. The average molecular weight is 242 g/mol. The molecule has 1 aliphatic rings. The third kappa shape index (κ3) is 4.28. The predicted octanol–water partition coefficient (Wildman–Crippen LogP) is 1.58. The third-order valence-corrected chi connectivity index (χ3v) is 3.74. The van der Waals surface area contributed by atoms with Crippen LogP contribution in [0.2, 0.25) is 0 Å². The van der Waals surface area contributed by atoms with Crippen molar-refractivity contribution in [3.8, 4) is 0 Å². The van der Waals surface area contributed by atoms with E-state index in [2.05, 4.69) is 5.32 Å². The molecule has 1 saturated carbocycles. The van der Waals surface area contributed by atoms with Gasteiger partial charge in [0.2, 0.25) is 5.91 Å². The molecule has 0 saturated heterocycles. The summed E-state index contributed by atoms with van der Waals surface area (Å²) in [5.74, 6) is 0.0456. The summed E-state index contributed by atoms with van der Waals surface area (Å²) < 4.78 is 5.27. The van der Waals surface area contributed by atoms with E-state index in [9.17, 15) is 4.79 Å². The Morgan fingerprint density at radius 1 is 1.35 bits per heavy atom. The van der Waals surface area contributed by atoms with E-state index in [4.69, 9.17) is 10.5 Å². The van der Waals surface area contributed by atoms with Crippen molar-refractivity contribution in [3.63, 3.8) is 0 Å². The summed E-state index contributed by atoms with van der Waals surface area (Å²) in [6.45, 7) is 4.37. The molecule has 100 valence electrons. The Balaban J connectivity index is 2.53. The van der Waals surface area contributed by atoms with Crippen LogP contribution in [0.3, 0.4) is 0 Å². The average Bonchev–Trinajstić information content (AvgIpc) is 2.29. The van der Waals surface area contributed by atoms with E-state index in [1.54, 1.807) is 7.11 Å². The van der Waals surface area contributed by atoms with Crippen molar-refractivity contribution in [1.82, 2.24) is 5.32 Å². The number of rotatable bonds is 5. The number of carbonyl (C=O) groups is 1. The first-order valence-electron chi connectivity index (χ1n) is 6.49. The number of hydrogen-bond donors (Lipinski definition) is 2. The molecule has 0 unspecified atom stereocenters. The largest absolute Gasteiger partial charge is 0.378 e. The fourth-order valence-corrected chi connectivity index (χ4v) is 2.41. The van der Waals surface area contributed by atoms with Crippen molar-refractivity contribution in [1.29, 1.82) is 0 Å². The quantitative estimate of drug-likeness (QED) is 0.769. The molecule has 1 amide bonds. The van der Waals surface area contributed by atoms with Gasteiger partial charge in [0.25, 0.3) is 0 Å². The van der Waals surface area contributed by atoms with Gasteiger partial charge in [-0.1, -0.05) is 19.3 Å². The highest BCUT2D eigenvalue weighted by atomic mass is 16.5. The van der Waals surface area contributed by atoms with Crippen LogP contribution in [0.1, 0.15) is 52.4 Å². The number of ether oxygens (including phenoxy) is 1. The lowest BCUT2D eigenvalue weighted by Crippen LogP contribution is -2.55. The molecule has 17 heavy (non-hydrogen) atoms. The van der Waals surface area contributed by atoms with E-state index in [-0.39, 0.29) is 11.4 Å². The second kappa shape index (κ2) is 5.83. The highest BCUT2D eigenvalue weighted by molar-refractivity contribution is 5.77. The summed E-state index contributed by atoms with van der Waals surface area (Å²) in [5, 5.41) is 3.13. The van der Waals surface area contributed by atoms with Crippen molar-refractivity contribution in [2.75, 3.05) is 13.7 Å². The van der Waals surface area contributed by atoms with Crippen LogP contribution in [0.15, 0.2) is 0 Å². The topological polar surface area (TPSA) is 64.3 Å². The Bertz CT molecular complexity index is 258. The lowest BCUT2D eigenvalue weighted by molar-refractivity contribution is -0.128. The van der Waals surface area contributed by atoms with Gasteiger partial charge in [-0.05, 0) is 26.7 Å². The maximum absolute atomic E-state index is 12.0. The molecule has 1 aliphatic carbocycles. The Kier molecular flexibility index (Phi) is 4.95. The van der Waals surface area contributed by atoms with Gasteiger partial charge in [-0.25, -0.2) is 0 Å². The smallest absolute Gasteiger partial charge is 0.223 e. The number of nitrogens with one attached hydrogen (secondary N) is 1. The van der Waals surface area contributed by atoms with Crippen molar-refractivity contribution < 1.29 is 9.53 Å². The van der Waals surface area contributed by atoms with Gasteiger partial charge in [0.1, 0.15) is 0 Å². The lowest BCUT2D eigenvalue weighted by Gasteiger charge is -2.38. The fraction of sp³-hybridized carbons (Fsp3) is 0.923. The summed E-state index contributed by atoms with van der Waals surface area (Å²) in [5.41, 5.74) is 5.26. The van der Waals surface area contributed by atoms with Crippen molar-refractivity contribution >= 4 is 5.91 Å². The van der Waals surface area contributed by atoms with Gasteiger partial charge in [-0.15, -0.1) is 0 Å². The van der Waals surface area contributed by atoms with Crippen LogP contribution in [0.25, 0.3) is 0 Å². The Hall–Kier alpha value is -0.610. The molecule has 0 radical (unpaired) electrons. The van der Waals surface area contributed by atoms with Crippen molar-refractivity contribution in [2.45, 2.75) is 63.5 Å². The molecule has 0 aliphatic heterocycles. The number of methoxy groups -OCH3 is 1. The summed E-state index contributed by atoms with van der Waals surface area (Å²) in [6, 6.07) is 0. The van der Waals surface area contributed by atoms with Crippen LogP contribution in [-0.2, 0) is 9.53 Å². The van der Waals surface area contributed by atoms with Gasteiger partial charge < -0.3 is 15.8 Å². The maximum Gasteiger partial charge on any atom is 0.223 e. The van der Waals surface area contributed by atoms with E-state index in [0.29, 0.717) is 13.0 Å². The standard InChI is InChI=1S/C13H26N2O2/c1-12(2,17-3)9-11(16)15-13(10-14)7-5-4-6-8-13/h4-10,14H2,1-3H3,(H,15,16). The van der Waals surface area contributed by atoms with E-state index < -0.39 is 5.60 Å². The minimum atomic E-state index is -0.408. The maximum atomic E-state index is 12.0. The normalized spacial score (nSPS) is 20.0. The van der Waals surface area contributed by atoms with Crippen molar-refractivity contribution in [2.24, 2.45) is 5.73 Å². The molecular formula is C13H26N2O2. The summed E-state index contributed by atoms with van der Waals surface area (Å²) in [4.78, 5) is 12.0. The van der Waals surface area contributed by atoms with Crippen LogP contribution in [-0.4, -0.2) is 30.7 Å². The van der Waals surface area contributed by atoms with Gasteiger partial charge in [-0.2, -0.15) is 0 Å². The first kappa shape index (κ1) is 14.5. The molecule has 0 aromatic heterocycles. The van der Waals surface area contributed by atoms with E-state index in [0.717, 1.165) is 25.7 Å². The van der Waals surface area contributed by atoms with Crippen LogP contribution in [0, 0.1) is 0 Å². The Morgan fingerprint density at radius 3 is 2.41 bits per heavy atom. The van der Waals surface area contributed by atoms with E-state index in [1.165, 1.54) is 6.42 Å². The summed E-state index contributed by atoms with van der Waals surface area (Å²) in [7, 11) is 1.63. The first-order valence-corrected chi connectivity index (χ1v) is 6.49. The minimum Gasteiger partial charge on any atom is -0.378 e. The number of nitrogens with two attached hydrogens (primary N) is 1. The van der Waals surface area contributed by atoms with Crippen LogP contribution < -0.4 is 11.1 Å². The molecule has 4 heteroatoms. The van der Waals surface area contributed by atoms with E-state index >= 15 is 0 Å². The number of amides is 1. The molecule has 0 aromatic carbocycles. The Morgan fingerprint density at radius 2 is 1.94 bits per heavy atom. The molecule has 4 nitrogen and oxygen atoms in total. The monoisotopic (exact) mass is 242 g/mol. The summed E-state index contributed by atoms with van der Waals surface area (Å²) in [6.07, 6.45) is 5.95. The van der Waals surface area contributed by atoms with Gasteiger partial charge in [0, 0.05) is 13.7 Å². The molecule has 0 bridgehead atoms. The van der Waals surface area contributed by atoms with Crippen LogP contribution in [0.4, 0.5) is 0 Å². The second-order valence-corrected chi connectivity index (χ2v) is 5.73. The molecule has 0 spiro atoms. The molecule has 0 heterocycles. The van der Waals surface area contributed by atoms with Crippen molar-refractivity contribution in [3.05, 3.63) is 0 Å². The van der Waals surface area contributed by atoms with E-state index in [1.807, 2.05) is 13.8 Å². The zero-order valence-corrected chi connectivity index (χ0v) is 11.3. The van der Waals surface area contributed by atoms with Gasteiger partial charge >= 0.3 is 0 Å². The zero-order chi connectivity index (χ0) is 12.9. The van der Waals surface area contributed by atoms with Gasteiger partial charge in [0.15, 0.2) is 0 Å². The molecular weight excluding hydrogens is 216 g/mol. The molecule has 1 fully saturated rings. The molecule has 3 N–H and O–H groups in total. The SMILES string of the molecule is COC(C)(C)CC(=O)NC1(CN)CCCCC1. The highest BCUT2D eigenvalue weighted by Gasteiger charge is 2.33. The van der Waals surface area contributed by atoms with Crippen LogP contribution in [0.5, 0.6) is 0 Å². The van der Waals surface area contributed by atoms with Gasteiger partial charge in [0.05, 0.1) is 17.6 Å². The second-order valence-electron chi connectivity index (χ2n) is 5.73. The fourth-order valence-electron chi connectivity index (χ4n) is 2.41. The Labute approximate surface area is 104 Å². The third-order valence-electron chi connectivity index (χ3n) is 3.74. The highest BCUT2D eigenvalue weighted by Crippen LogP contribution is 2.27. The number of carbonyl (C=O) groups excluding carboxylic acids is 1. The number of hydrogen-bond acceptors (Lipinski definition) is 3. The molecule has 1 rings (SSSR count).